The number of esters is 1. The van der Waals surface area contributed by atoms with Crippen LogP contribution in [-0.2, 0) is 9.53 Å². The molecular weight excluding hydrogens is 166 g/mol. The van der Waals surface area contributed by atoms with Gasteiger partial charge < -0.3 is 21.6 Å². The molecule has 0 aliphatic rings. The maximum atomic E-state index is 10.6. The summed E-state index contributed by atoms with van der Waals surface area (Å²) in [7, 11) is 7.55. The van der Waals surface area contributed by atoms with E-state index in [9.17, 15) is 4.79 Å². The third kappa shape index (κ3) is 9.72. The second kappa shape index (κ2) is 5.38. The van der Waals surface area contributed by atoms with E-state index in [1.807, 2.05) is 21.1 Å². The molecule has 0 bridgehead atoms. The molecule has 0 aromatic rings. The molecule has 0 aliphatic carbocycles. The van der Waals surface area contributed by atoms with Gasteiger partial charge in [-0.1, -0.05) is 0 Å². The van der Waals surface area contributed by atoms with Crippen LogP contribution in [0.15, 0.2) is 0 Å². The number of hydrogen-bond acceptors (Lipinski definition) is 2. The van der Waals surface area contributed by atoms with E-state index in [-0.39, 0.29) is 18.4 Å². The summed E-state index contributed by atoms with van der Waals surface area (Å²) < 4.78 is 5.30. The van der Waals surface area contributed by atoms with Crippen LogP contribution in [-0.4, -0.2) is 45.2 Å². The number of hydrogen-bond donors (Lipinski definition) is 0. The van der Waals surface area contributed by atoms with Gasteiger partial charge in [0, 0.05) is 0 Å². The highest BCUT2D eigenvalue weighted by Gasteiger charge is 2.10. The lowest BCUT2D eigenvalue weighted by molar-refractivity contribution is -0.869. The van der Waals surface area contributed by atoms with E-state index in [0.29, 0.717) is 6.42 Å². The fourth-order valence-electron chi connectivity index (χ4n) is 0.529. The van der Waals surface area contributed by atoms with Gasteiger partial charge in [0.25, 0.3) is 0 Å². The summed E-state index contributed by atoms with van der Waals surface area (Å²) in [5.41, 5.74) is 0. The van der Waals surface area contributed by atoms with Crippen molar-refractivity contribution in [1.29, 1.82) is 0 Å². The third-order valence-electron chi connectivity index (χ3n) is 1.21. The monoisotopic (exact) mass is 181 g/mol. The second-order valence-electron chi connectivity index (χ2n) is 3.34. The average molecular weight is 182 g/mol. The fraction of sp³-hybridized carbons (Fsp3) is 0.857. The van der Waals surface area contributed by atoms with E-state index in [0.717, 1.165) is 11.0 Å². The fourth-order valence-corrected chi connectivity index (χ4v) is 0.529. The number of methoxy groups -OCH3 is 1. The lowest BCUT2D eigenvalue weighted by Gasteiger charge is -2.22. The maximum absolute atomic E-state index is 10.6. The number of carbonyl (C=O) groups is 1. The largest absolute Gasteiger partial charge is 1.00 e. The molecule has 0 aromatic carbocycles. The average Bonchev–Trinajstić information content (AvgIpc) is 1.81. The molecule has 4 heteroatoms. The van der Waals surface area contributed by atoms with E-state index in [1.54, 1.807) is 0 Å². The first kappa shape index (κ1) is 13.3. The molecule has 0 unspecified atom stereocenters. The van der Waals surface area contributed by atoms with Crippen molar-refractivity contribution in [2.45, 2.75) is 6.42 Å². The predicted molar refractivity (Wildman–Crippen MR) is 39.5 cm³/mol. The Morgan fingerprint density at radius 1 is 1.36 bits per heavy atom. The zero-order valence-electron chi connectivity index (χ0n) is 7.56. The Hall–Kier alpha value is -0.280. The first-order valence-corrected chi connectivity index (χ1v) is 3.33. The predicted octanol–water partition coefficient (Wildman–Crippen LogP) is -2.74. The molecule has 0 spiro atoms. The molecule has 3 nitrogen and oxygen atoms in total. The summed E-state index contributed by atoms with van der Waals surface area (Å²) in [6, 6.07) is 0. The van der Waals surface area contributed by atoms with Gasteiger partial charge in [-0.15, -0.1) is 0 Å². The normalized spacial score (nSPS) is 10.2. The molecular formula is C7H16ClNO2. The van der Waals surface area contributed by atoms with Crippen LogP contribution in [0.1, 0.15) is 6.42 Å². The lowest BCUT2D eigenvalue weighted by atomic mass is 10.4. The minimum absolute atomic E-state index is 0. The molecule has 0 saturated heterocycles. The van der Waals surface area contributed by atoms with Crippen LogP contribution in [0.5, 0.6) is 0 Å². The minimum Gasteiger partial charge on any atom is -1.00 e. The number of rotatable bonds is 3. The lowest BCUT2D eigenvalue weighted by Crippen LogP contribution is -3.00. The zero-order chi connectivity index (χ0) is 8.20. The van der Waals surface area contributed by atoms with Gasteiger partial charge in [-0.2, -0.15) is 0 Å². The van der Waals surface area contributed by atoms with Crippen LogP contribution in [0.4, 0.5) is 0 Å². The van der Waals surface area contributed by atoms with E-state index < -0.39 is 0 Å². The van der Waals surface area contributed by atoms with Gasteiger partial charge in [0.2, 0.25) is 0 Å². The molecule has 0 rings (SSSR count). The summed E-state index contributed by atoms with van der Waals surface area (Å²) in [5.74, 6) is -0.131. The van der Waals surface area contributed by atoms with Crippen molar-refractivity contribution in [2.24, 2.45) is 0 Å². The molecule has 0 aromatic heterocycles. The number of ether oxygens (including phenoxy) is 1. The second-order valence-corrected chi connectivity index (χ2v) is 3.34. The van der Waals surface area contributed by atoms with Crippen molar-refractivity contribution in [3.8, 4) is 0 Å². The number of carbonyl (C=O) groups excluding carboxylic acids is 1. The minimum atomic E-state index is -0.131. The quantitative estimate of drug-likeness (QED) is 0.349. The van der Waals surface area contributed by atoms with Crippen molar-refractivity contribution in [3.05, 3.63) is 0 Å². The molecule has 11 heavy (non-hydrogen) atoms. The van der Waals surface area contributed by atoms with Gasteiger partial charge in [-0.25, -0.2) is 0 Å². The third-order valence-corrected chi connectivity index (χ3v) is 1.21. The maximum Gasteiger partial charge on any atom is 0.311 e. The molecule has 0 N–H and O–H groups in total. The van der Waals surface area contributed by atoms with Crippen LogP contribution >= 0.6 is 0 Å². The van der Waals surface area contributed by atoms with Crippen molar-refractivity contribution in [3.63, 3.8) is 0 Å². The Morgan fingerprint density at radius 3 is 2.09 bits per heavy atom. The van der Waals surface area contributed by atoms with Crippen molar-refractivity contribution >= 4 is 5.97 Å². The topological polar surface area (TPSA) is 26.3 Å². The summed E-state index contributed by atoms with van der Waals surface area (Å²) >= 11 is 0. The van der Waals surface area contributed by atoms with Gasteiger partial charge in [0.15, 0.2) is 0 Å². The standard InChI is InChI=1S/C7H16NO2.ClH/c1-8(2,3)6-5-7(9)10-4;/h5-6H2,1-4H3;1H/q+1;/p-1. The first-order valence-electron chi connectivity index (χ1n) is 3.33. The van der Waals surface area contributed by atoms with E-state index in [1.165, 1.54) is 7.11 Å². The Morgan fingerprint density at radius 2 is 1.82 bits per heavy atom. The van der Waals surface area contributed by atoms with Gasteiger partial charge in [0.1, 0.15) is 0 Å². The molecule has 0 atom stereocenters. The van der Waals surface area contributed by atoms with Crippen molar-refractivity contribution in [2.75, 3.05) is 34.8 Å². The Balaban J connectivity index is 0. The van der Waals surface area contributed by atoms with Crippen molar-refractivity contribution < 1.29 is 26.4 Å². The highest BCUT2D eigenvalue weighted by Crippen LogP contribution is 1.94. The summed E-state index contributed by atoms with van der Waals surface area (Å²) in [6.45, 7) is 0.826. The molecule has 68 valence electrons. The Kier molecular flexibility index (Phi) is 6.52. The van der Waals surface area contributed by atoms with Gasteiger partial charge in [-0.05, 0) is 0 Å². The molecule has 0 aliphatic heterocycles. The molecule has 0 fully saturated rings. The van der Waals surface area contributed by atoms with Crippen molar-refractivity contribution in [1.82, 2.24) is 0 Å². The number of nitrogens with zero attached hydrogens (tertiary/aromatic N) is 1. The molecule has 0 amide bonds. The zero-order valence-corrected chi connectivity index (χ0v) is 8.31. The van der Waals surface area contributed by atoms with E-state index in [4.69, 9.17) is 0 Å². The molecule has 0 radical (unpaired) electrons. The van der Waals surface area contributed by atoms with E-state index in [2.05, 4.69) is 4.74 Å². The van der Waals surface area contributed by atoms with Gasteiger partial charge in [0.05, 0.1) is 41.2 Å². The number of halogens is 1. The van der Waals surface area contributed by atoms with Crippen LogP contribution in [0.25, 0.3) is 0 Å². The van der Waals surface area contributed by atoms with Gasteiger partial charge in [-0.3, -0.25) is 4.79 Å². The van der Waals surface area contributed by atoms with Crippen LogP contribution in [0.2, 0.25) is 0 Å². The highest BCUT2D eigenvalue weighted by atomic mass is 35.5. The molecule has 0 saturated carbocycles. The van der Waals surface area contributed by atoms with Crippen LogP contribution < -0.4 is 12.4 Å². The summed E-state index contributed by atoms with van der Waals surface area (Å²) in [6.07, 6.45) is 0.500. The molecule has 0 heterocycles. The number of quaternary nitrogens is 1. The van der Waals surface area contributed by atoms with Crippen LogP contribution in [0, 0.1) is 0 Å². The summed E-state index contributed by atoms with van der Waals surface area (Å²) in [4.78, 5) is 10.6. The Labute approximate surface area is 74.3 Å². The van der Waals surface area contributed by atoms with Gasteiger partial charge >= 0.3 is 5.97 Å². The first-order chi connectivity index (χ1) is 4.45. The highest BCUT2D eigenvalue weighted by molar-refractivity contribution is 5.69. The van der Waals surface area contributed by atoms with Crippen LogP contribution in [0.3, 0.4) is 0 Å². The van der Waals surface area contributed by atoms with E-state index >= 15 is 0 Å². The summed E-state index contributed by atoms with van der Waals surface area (Å²) in [5, 5.41) is 0. The Bertz CT molecular complexity index is 120. The SMILES string of the molecule is COC(=O)CC[N+](C)(C)C.[Cl-]. The smallest absolute Gasteiger partial charge is 0.311 e.